The highest BCUT2D eigenvalue weighted by molar-refractivity contribution is 6.10. The summed E-state index contributed by atoms with van der Waals surface area (Å²) in [6.45, 7) is 1.77. The molecule has 2 aliphatic rings. The van der Waals surface area contributed by atoms with Crippen LogP contribution in [0.1, 0.15) is 42.7 Å². The van der Waals surface area contributed by atoms with E-state index >= 15 is 0 Å². The van der Waals surface area contributed by atoms with Gasteiger partial charge in [0, 0.05) is 34.9 Å². The van der Waals surface area contributed by atoms with Crippen molar-refractivity contribution in [3.05, 3.63) is 124 Å². The minimum Gasteiger partial charge on any atom is -0.362 e. The molecule has 4 nitrogen and oxygen atoms in total. The normalized spacial score (nSPS) is 19.8. The van der Waals surface area contributed by atoms with E-state index in [2.05, 4.69) is 10.6 Å². The molecule has 3 aromatic rings. The fourth-order valence-electron chi connectivity index (χ4n) is 5.04. The maximum atomic E-state index is 14.3. The summed E-state index contributed by atoms with van der Waals surface area (Å²) in [5.41, 5.74) is 3.92. The summed E-state index contributed by atoms with van der Waals surface area (Å²) < 4.78 is 28.0. The van der Waals surface area contributed by atoms with E-state index in [4.69, 9.17) is 0 Å². The number of amides is 1. The summed E-state index contributed by atoms with van der Waals surface area (Å²) in [5.74, 6) is -2.22. The molecule has 0 spiro atoms. The second-order valence-electron chi connectivity index (χ2n) is 8.91. The van der Waals surface area contributed by atoms with Crippen LogP contribution in [0.25, 0.3) is 0 Å². The van der Waals surface area contributed by atoms with Gasteiger partial charge >= 0.3 is 0 Å². The quantitative estimate of drug-likeness (QED) is 0.494. The largest absolute Gasteiger partial charge is 0.362 e. The van der Waals surface area contributed by atoms with Crippen LogP contribution < -0.4 is 10.6 Å². The number of halogens is 2. The van der Waals surface area contributed by atoms with Gasteiger partial charge in [0.2, 0.25) is 0 Å². The Bertz CT molecular complexity index is 1360. The second kappa shape index (κ2) is 9.29. The van der Waals surface area contributed by atoms with Crippen molar-refractivity contribution in [1.29, 1.82) is 0 Å². The Morgan fingerprint density at radius 3 is 2.29 bits per heavy atom. The first kappa shape index (κ1) is 22.7. The molecule has 1 amide bonds. The number of dihydropyridines is 1. The lowest BCUT2D eigenvalue weighted by molar-refractivity contribution is -0.116. The lowest BCUT2D eigenvalue weighted by Gasteiger charge is -2.37. The lowest BCUT2D eigenvalue weighted by Crippen LogP contribution is -2.37. The third-order valence-electron chi connectivity index (χ3n) is 6.67. The molecule has 1 aliphatic heterocycles. The van der Waals surface area contributed by atoms with Crippen LogP contribution in [0, 0.1) is 11.6 Å². The van der Waals surface area contributed by atoms with Crippen LogP contribution in [0.2, 0.25) is 0 Å². The number of carbonyl (C=O) groups excluding carboxylic acids is 2. The number of hydrogen-bond donors (Lipinski definition) is 2. The molecule has 35 heavy (non-hydrogen) atoms. The third-order valence-corrected chi connectivity index (χ3v) is 6.67. The molecular formula is C29H24F2N2O2. The van der Waals surface area contributed by atoms with Gasteiger partial charge in [-0.15, -0.1) is 0 Å². The van der Waals surface area contributed by atoms with Crippen LogP contribution in [0.5, 0.6) is 0 Å². The van der Waals surface area contributed by atoms with Crippen LogP contribution in [0.4, 0.5) is 14.5 Å². The highest BCUT2D eigenvalue weighted by Crippen LogP contribution is 2.45. The molecule has 176 valence electrons. The molecule has 6 heteroatoms. The van der Waals surface area contributed by atoms with Gasteiger partial charge in [0.05, 0.1) is 5.69 Å². The zero-order valence-electron chi connectivity index (χ0n) is 19.1. The van der Waals surface area contributed by atoms with Crippen LogP contribution in [-0.2, 0) is 9.59 Å². The smallest absolute Gasteiger partial charge is 0.254 e. The van der Waals surface area contributed by atoms with Crippen molar-refractivity contribution in [2.45, 2.75) is 31.6 Å². The van der Waals surface area contributed by atoms with E-state index in [0.717, 1.165) is 11.3 Å². The van der Waals surface area contributed by atoms with Crippen molar-refractivity contribution in [1.82, 2.24) is 5.32 Å². The molecule has 0 aromatic heterocycles. The first-order valence-electron chi connectivity index (χ1n) is 11.5. The van der Waals surface area contributed by atoms with Gasteiger partial charge in [-0.1, -0.05) is 54.6 Å². The monoisotopic (exact) mass is 470 g/mol. The van der Waals surface area contributed by atoms with Crippen LogP contribution in [-0.4, -0.2) is 11.7 Å². The minimum atomic E-state index is -0.692. The van der Waals surface area contributed by atoms with Gasteiger partial charge in [-0.25, -0.2) is 8.78 Å². The molecule has 0 fully saturated rings. The number of allylic oxidation sites excluding steroid dienone is 3. The molecule has 0 radical (unpaired) electrons. The van der Waals surface area contributed by atoms with Crippen molar-refractivity contribution in [2.24, 2.45) is 0 Å². The number of hydrogen-bond acceptors (Lipinski definition) is 3. The summed E-state index contributed by atoms with van der Waals surface area (Å²) >= 11 is 0. The molecule has 0 saturated heterocycles. The molecule has 3 aromatic carbocycles. The topological polar surface area (TPSA) is 58.2 Å². The van der Waals surface area contributed by atoms with Crippen molar-refractivity contribution in [3.63, 3.8) is 0 Å². The van der Waals surface area contributed by atoms with Gasteiger partial charge in [-0.3, -0.25) is 9.59 Å². The highest BCUT2D eigenvalue weighted by Gasteiger charge is 2.41. The molecule has 1 heterocycles. The predicted octanol–water partition coefficient (Wildman–Crippen LogP) is 5.97. The molecule has 2 atom stereocenters. The minimum absolute atomic E-state index is 0.0189. The second-order valence-corrected chi connectivity index (χ2v) is 8.91. The van der Waals surface area contributed by atoms with Gasteiger partial charge in [0.25, 0.3) is 5.91 Å². The van der Waals surface area contributed by atoms with Gasteiger partial charge in [-0.05, 0) is 54.7 Å². The van der Waals surface area contributed by atoms with E-state index in [1.165, 1.54) is 24.3 Å². The number of rotatable bonds is 4. The number of nitrogens with one attached hydrogen (secondary N) is 2. The molecule has 0 saturated carbocycles. The van der Waals surface area contributed by atoms with E-state index in [-0.39, 0.29) is 17.4 Å². The summed E-state index contributed by atoms with van der Waals surface area (Å²) in [5, 5.41) is 5.95. The van der Waals surface area contributed by atoms with E-state index in [0.29, 0.717) is 35.2 Å². The maximum Gasteiger partial charge on any atom is 0.254 e. The van der Waals surface area contributed by atoms with Crippen molar-refractivity contribution in [2.75, 3.05) is 5.32 Å². The molecule has 1 aliphatic carbocycles. The Labute approximate surface area is 202 Å². The Hall–Kier alpha value is -4.06. The average molecular weight is 471 g/mol. The first-order chi connectivity index (χ1) is 16.9. The number of benzene rings is 3. The fraction of sp³-hybridized carbons (Fsp3) is 0.172. The molecule has 0 bridgehead atoms. The van der Waals surface area contributed by atoms with E-state index in [1.807, 2.05) is 30.3 Å². The molecular weight excluding hydrogens is 446 g/mol. The summed E-state index contributed by atoms with van der Waals surface area (Å²) in [7, 11) is 0. The number of carbonyl (C=O) groups is 2. The van der Waals surface area contributed by atoms with E-state index in [9.17, 15) is 18.4 Å². The van der Waals surface area contributed by atoms with Crippen molar-refractivity contribution in [3.8, 4) is 0 Å². The molecule has 2 N–H and O–H groups in total. The fourth-order valence-corrected chi connectivity index (χ4v) is 5.04. The van der Waals surface area contributed by atoms with Crippen molar-refractivity contribution >= 4 is 17.4 Å². The zero-order valence-corrected chi connectivity index (χ0v) is 19.1. The summed E-state index contributed by atoms with van der Waals surface area (Å²) in [4.78, 5) is 27.0. The standard InChI is InChI=1S/C29H24F2N2O2/c1-17-26(29(35)33-23-10-6-5-9-22(23)31)27(19-11-13-21(30)14-12-19)28-24(32-17)15-20(16-25(28)34)18-7-3-2-4-8-18/h2-14,20,27,32H,15-16H2,1H3,(H,33,35)/t20-,27+/m0/s1. The number of Topliss-reactive ketones (excluding diaryl/α,β-unsaturated/α-hetero) is 1. The number of anilines is 1. The van der Waals surface area contributed by atoms with Gasteiger partial charge in [0.1, 0.15) is 11.6 Å². The summed E-state index contributed by atoms with van der Waals surface area (Å²) in [6.07, 6.45) is 0.922. The average Bonchev–Trinajstić information content (AvgIpc) is 2.85. The van der Waals surface area contributed by atoms with E-state index in [1.54, 1.807) is 31.2 Å². The number of ketones is 1. The van der Waals surface area contributed by atoms with Crippen LogP contribution in [0.15, 0.2) is 101 Å². The summed E-state index contributed by atoms with van der Waals surface area (Å²) in [6, 6.07) is 21.6. The number of para-hydroxylation sites is 1. The Balaban J connectivity index is 1.57. The Morgan fingerprint density at radius 1 is 0.886 bits per heavy atom. The van der Waals surface area contributed by atoms with Gasteiger partial charge in [0.15, 0.2) is 5.78 Å². The third kappa shape index (κ3) is 4.39. The van der Waals surface area contributed by atoms with Crippen LogP contribution >= 0.6 is 0 Å². The lowest BCUT2D eigenvalue weighted by atomic mass is 9.71. The van der Waals surface area contributed by atoms with Crippen LogP contribution in [0.3, 0.4) is 0 Å². The Morgan fingerprint density at radius 2 is 1.57 bits per heavy atom. The van der Waals surface area contributed by atoms with Gasteiger partial charge < -0.3 is 10.6 Å². The highest BCUT2D eigenvalue weighted by atomic mass is 19.1. The predicted molar refractivity (Wildman–Crippen MR) is 130 cm³/mol. The Kier molecular flexibility index (Phi) is 6.03. The van der Waals surface area contributed by atoms with Crippen molar-refractivity contribution < 1.29 is 18.4 Å². The first-order valence-corrected chi connectivity index (χ1v) is 11.5. The molecule has 5 rings (SSSR count). The van der Waals surface area contributed by atoms with Gasteiger partial charge in [-0.2, -0.15) is 0 Å². The molecule has 0 unspecified atom stereocenters. The zero-order chi connectivity index (χ0) is 24.5. The van der Waals surface area contributed by atoms with E-state index < -0.39 is 23.5 Å². The SMILES string of the molecule is CC1=C(C(=O)Nc2ccccc2F)[C@@H](c2ccc(F)cc2)C2=C(C[C@H](c3ccccc3)CC2=O)N1. The maximum absolute atomic E-state index is 14.3.